The number of likely N-dealkylation sites (N-methyl/N-ethyl adjacent to an activating group) is 1. The van der Waals surface area contributed by atoms with Crippen LogP contribution in [-0.2, 0) is 6.54 Å². The number of piperazine rings is 1. The molecule has 1 aromatic heterocycles. The number of anilines is 1. The molecule has 3 aliphatic heterocycles. The van der Waals surface area contributed by atoms with E-state index in [4.69, 9.17) is 32.7 Å². The molecule has 196 valence electrons. The molecule has 2 bridgehead atoms. The summed E-state index contributed by atoms with van der Waals surface area (Å²) in [5.41, 5.74) is 2.34. The number of ether oxygens (including phenoxy) is 1. The van der Waals surface area contributed by atoms with Gasteiger partial charge in [-0.2, -0.15) is 9.97 Å². The van der Waals surface area contributed by atoms with Gasteiger partial charge in [0.15, 0.2) is 0 Å². The lowest BCUT2D eigenvalue weighted by Crippen LogP contribution is -2.51. The number of hydrogen-bond acceptors (Lipinski definition) is 7. The molecule has 0 amide bonds. The quantitative estimate of drug-likeness (QED) is 0.364. The van der Waals surface area contributed by atoms with Crippen LogP contribution in [0.4, 0.5) is 5.82 Å². The van der Waals surface area contributed by atoms with Gasteiger partial charge in [0.2, 0.25) is 0 Å². The lowest BCUT2D eigenvalue weighted by molar-refractivity contribution is 0.187. The fraction of sp³-hybridized carbons (Fsp3) is 0.433. The highest BCUT2D eigenvalue weighted by Gasteiger charge is 2.34. The minimum absolute atomic E-state index is 0.345. The zero-order valence-corrected chi connectivity index (χ0v) is 22.5. The summed E-state index contributed by atoms with van der Waals surface area (Å²) in [4.78, 5) is 19.0. The molecular weight excluding hydrogens is 496 g/mol. The highest BCUT2D eigenvalue weighted by molar-refractivity contribution is 6.35. The van der Waals surface area contributed by atoms with Crippen LogP contribution >= 0.6 is 11.6 Å². The van der Waals surface area contributed by atoms with Gasteiger partial charge in [-0.3, -0.25) is 4.99 Å². The predicted molar refractivity (Wildman–Crippen MR) is 154 cm³/mol. The number of fused-ring (bicyclic) bond motifs is 3. The number of terminal acetylenes is 1. The first-order valence-corrected chi connectivity index (χ1v) is 13.9. The number of aromatic nitrogens is 2. The summed E-state index contributed by atoms with van der Waals surface area (Å²) in [5.74, 6) is 3.59. The van der Waals surface area contributed by atoms with Crippen molar-refractivity contribution in [3.63, 3.8) is 0 Å². The van der Waals surface area contributed by atoms with E-state index in [1.54, 1.807) is 0 Å². The monoisotopic (exact) mass is 528 g/mol. The number of aliphatic imine (C=N–C) groups is 1. The summed E-state index contributed by atoms with van der Waals surface area (Å²) < 4.78 is 6.13. The van der Waals surface area contributed by atoms with Gasteiger partial charge < -0.3 is 19.9 Å². The van der Waals surface area contributed by atoms with E-state index in [9.17, 15) is 0 Å². The zero-order valence-electron chi connectivity index (χ0n) is 21.7. The molecule has 3 aromatic rings. The lowest BCUT2D eigenvalue weighted by Gasteiger charge is -2.34. The first-order valence-electron chi connectivity index (χ1n) is 13.5. The summed E-state index contributed by atoms with van der Waals surface area (Å²) >= 11 is 6.54. The number of halogens is 1. The average Bonchev–Trinajstić information content (AvgIpc) is 3.50. The second-order valence-electron chi connectivity index (χ2n) is 10.6. The van der Waals surface area contributed by atoms with E-state index < -0.39 is 0 Å². The van der Waals surface area contributed by atoms with E-state index in [0.717, 1.165) is 58.8 Å². The molecule has 38 heavy (non-hydrogen) atoms. The zero-order chi connectivity index (χ0) is 26.1. The van der Waals surface area contributed by atoms with Crippen molar-refractivity contribution in [3.05, 3.63) is 58.2 Å². The molecule has 8 heteroatoms. The number of nitrogens with zero attached hydrogens (tertiary/aromatic N) is 5. The molecule has 0 spiro atoms. The highest BCUT2D eigenvalue weighted by atomic mass is 35.5. The van der Waals surface area contributed by atoms with Gasteiger partial charge in [0.05, 0.1) is 12.1 Å². The third-order valence-electron chi connectivity index (χ3n) is 8.06. The fourth-order valence-corrected chi connectivity index (χ4v) is 6.34. The molecule has 1 N–H and O–H groups in total. The molecule has 0 radical (unpaired) electrons. The van der Waals surface area contributed by atoms with Crippen LogP contribution < -0.4 is 15.0 Å². The second kappa shape index (κ2) is 10.9. The van der Waals surface area contributed by atoms with Crippen LogP contribution in [-0.4, -0.2) is 72.5 Å². The summed E-state index contributed by atoms with van der Waals surface area (Å²) in [6.07, 6.45) is 12.5. The summed E-state index contributed by atoms with van der Waals surface area (Å²) in [6, 6.07) is 13.8. The maximum atomic E-state index is 6.54. The molecule has 2 aromatic carbocycles. The molecular formula is C30H33ClN6O. The molecule has 2 unspecified atom stereocenters. The van der Waals surface area contributed by atoms with Crippen LogP contribution in [0.15, 0.2) is 41.4 Å². The van der Waals surface area contributed by atoms with Gasteiger partial charge in [0.25, 0.3) is 0 Å². The maximum Gasteiger partial charge on any atom is 0.319 e. The molecule has 7 nitrogen and oxygen atoms in total. The van der Waals surface area contributed by atoms with Crippen molar-refractivity contribution in [1.82, 2.24) is 20.2 Å². The van der Waals surface area contributed by atoms with Gasteiger partial charge in [-0.25, -0.2) is 0 Å². The Morgan fingerprint density at radius 2 is 1.95 bits per heavy atom. The van der Waals surface area contributed by atoms with Gasteiger partial charge in [-0.1, -0.05) is 41.9 Å². The van der Waals surface area contributed by atoms with Crippen molar-refractivity contribution >= 4 is 34.4 Å². The average molecular weight is 529 g/mol. The SMILES string of the molecule is C#Cc1nc(OC[C@@H]2CCCN2C)nc(N2CC3CCC(C2)N3)c1/C=N\Cc1cccc2cccc(Cl)c12. The summed E-state index contributed by atoms with van der Waals surface area (Å²) in [6.45, 7) is 3.88. The Hall–Kier alpha value is -3.18. The fourth-order valence-electron chi connectivity index (χ4n) is 6.04. The largest absolute Gasteiger partial charge is 0.462 e. The first-order chi connectivity index (χ1) is 18.6. The Kier molecular flexibility index (Phi) is 7.20. The van der Waals surface area contributed by atoms with Crippen molar-refractivity contribution in [2.75, 3.05) is 38.2 Å². The summed E-state index contributed by atoms with van der Waals surface area (Å²) in [7, 11) is 2.14. The van der Waals surface area contributed by atoms with Crippen molar-refractivity contribution in [2.45, 2.75) is 50.4 Å². The van der Waals surface area contributed by atoms with E-state index in [2.05, 4.69) is 51.3 Å². The van der Waals surface area contributed by atoms with Gasteiger partial charge in [0, 0.05) is 47.8 Å². The van der Waals surface area contributed by atoms with Crippen LogP contribution in [0.1, 0.15) is 42.5 Å². The minimum Gasteiger partial charge on any atom is -0.462 e. The van der Waals surface area contributed by atoms with Gasteiger partial charge in [0.1, 0.15) is 18.1 Å². The Morgan fingerprint density at radius 1 is 1.16 bits per heavy atom. The number of nitrogens with one attached hydrogen (secondary N) is 1. The Labute approximate surface area is 229 Å². The van der Waals surface area contributed by atoms with E-state index >= 15 is 0 Å². The standard InChI is InChI=1S/C30H33ClN6O/c1-3-27-25(16-32-15-21-9-4-7-20-8-5-11-26(31)28(20)21)29(37-17-22-12-13-23(18-37)33-22)35-30(34-27)38-19-24-10-6-14-36(24)2/h1,4-5,7-9,11,16,22-24,33H,6,10,12-15,17-19H2,2H3/b32-16-/t22?,23?,24-/m0/s1. The van der Waals surface area contributed by atoms with E-state index in [1.165, 1.54) is 19.3 Å². The molecule has 3 atom stereocenters. The van der Waals surface area contributed by atoms with E-state index in [-0.39, 0.29) is 0 Å². The van der Waals surface area contributed by atoms with Gasteiger partial charge in [-0.15, -0.1) is 6.42 Å². The van der Waals surface area contributed by atoms with Gasteiger partial charge >= 0.3 is 6.01 Å². The molecule has 3 saturated heterocycles. The van der Waals surface area contributed by atoms with Crippen molar-refractivity contribution in [3.8, 4) is 18.4 Å². The van der Waals surface area contributed by atoms with Crippen LogP contribution in [0, 0.1) is 12.3 Å². The highest BCUT2D eigenvalue weighted by Crippen LogP contribution is 2.30. The third kappa shape index (κ3) is 5.09. The van der Waals surface area contributed by atoms with E-state index in [0.29, 0.717) is 43.0 Å². The van der Waals surface area contributed by atoms with Crippen LogP contribution in [0.2, 0.25) is 5.02 Å². The first kappa shape index (κ1) is 25.1. The number of benzene rings is 2. The molecule has 3 aliphatic rings. The van der Waals surface area contributed by atoms with Gasteiger partial charge in [-0.05, 0) is 62.2 Å². The Bertz CT molecular complexity index is 1380. The normalized spacial score (nSPS) is 23.4. The number of rotatable bonds is 7. The summed E-state index contributed by atoms with van der Waals surface area (Å²) in [5, 5.41) is 6.56. The van der Waals surface area contributed by atoms with E-state index in [1.807, 2.05) is 24.4 Å². The third-order valence-corrected chi connectivity index (χ3v) is 8.37. The molecule has 6 rings (SSSR count). The molecule has 3 fully saturated rings. The lowest BCUT2D eigenvalue weighted by atomic mass is 10.0. The molecule has 4 heterocycles. The van der Waals surface area contributed by atoms with Crippen molar-refractivity contribution in [2.24, 2.45) is 4.99 Å². The number of likely N-dealkylation sites (tertiary alicyclic amines) is 1. The second-order valence-corrected chi connectivity index (χ2v) is 11.0. The van der Waals surface area contributed by atoms with Crippen LogP contribution in [0.25, 0.3) is 10.8 Å². The van der Waals surface area contributed by atoms with Crippen molar-refractivity contribution in [1.29, 1.82) is 0 Å². The minimum atomic E-state index is 0.345. The van der Waals surface area contributed by atoms with Crippen LogP contribution in [0.3, 0.4) is 0 Å². The van der Waals surface area contributed by atoms with Crippen LogP contribution in [0.5, 0.6) is 6.01 Å². The number of hydrogen-bond donors (Lipinski definition) is 1. The Morgan fingerprint density at radius 3 is 2.68 bits per heavy atom. The maximum absolute atomic E-state index is 6.54. The topological polar surface area (TPSA) is 65.9 Å². The molecule has 0 saturated carbocycles. The Balaban J connectivity index is 1.32. The molecule has 0 aliphatic carbocycles. The van der Waals surface area contributed by atoms with Crippen molar-refractivity contribution < 1.29 is 4.74 Å². The predicted octanol–water partition coefficient (Wildman–Crippen LogP) is 4.30. The smallest absolute Gasteiger partial charge is 0.319 e.